The molecule has 1 nitrogen and oxygen atoms in total. The number of hydrogen-bond donors (Lipinski definition) is 0. The summed E-state index contributed by atoms with van der Waals surface area (Å²) in [5.41, 5.74) is 21.2. The summed E-state index contributed by atoms with van der Waals surface area (Å²) in [5, 5.41) is 0. The Hall–Kier alpha value is -6.31. The molecule has 0 radical (unpaired) electrons. The van der Waals surface area contributed by atoms with Crippen LogP contribution in [-0.2, 0) is 5.41 Å². The maximum atomic E-state index is 4.99. The average molecular weight is 664 g/mol. The third kappa shape index (κ3) is 4.59. The monoisotopic (exact) mass is 663 g/mol. The number of pyridine rings is 1. The molecule has 0 spiro atoms. The summed E-state index contributed by atoms with van der Waals surface area (Å²) in [7, 11) is 0. The van der Waals surface area contributed by atoms with E-state index in [9.17, 15) is 0 Å². The van der Waals surface area contributed by atoms with E-state index in [4.69, 9.17) is 4.98 Å². The Labute approximate surface area is 305 Å². The number of hydrogen-bond acceptors (Lipinski definition) is 1. The zero-order valence-electron chi connectivity index (χ0n) is 29.3. The fourth-order valence-electron chi connectivity index (χ4n) is 9.29. The van der Waals surface area contributed by atoms with Gasteiger partial charge in [0.05, 0.1) is 11.1 Å². The Kier molecular flexibility index (Phi) is 6.98. The molecule has 11 rings (SSSR count). The van der Waals surface area contributed by atoms with Crippen LogP contribution in [0.2, 0.25) is 0 Å². The molecule has 0 fully saturated rings. The van der Waals surface area contributed by atoms with Gasteiger partial charge in [-0.25, -0.2) is 0 Å². The van der Waals surface area contributed by atoms with Gasteiger partial charge >= 0.3 is 0 Å². The van der Waals surface area contributed by atoms with Crippen molar-refractivity contribution in [3.8, 4) is 44.6 Å². The van der Waals surface area contributed by atoms with Gasteiger partial charge in [-0.15, -0.1) is 0 Å². The first-order chi connectivity index (χ1) is 25.6. The third-order valence-corrected chi connectivity index (χ3v) is 11.4. The topological polar surface area (TPSA) is 12.9 Å². The zero-order chi connectivity index (χ0) is 34.8. The third-order valence-electron chi connectivity index (χ3n) is 11.4. The van der Waals surface area contributed by atoms with Crippen LogP contribution in [0, 0.1) is 13.8 Å². The number of aromatic nitrogens is 1. The van der Waals surface area contributed by atoms with Gasteiger partial charge in [0.2, 0.25) is 0 Å². The molecule has 1 heterocycles. The quantitative estimate of drug-likeness (QED) is 0.179. The molecule has 0 saturated heterocycles. The fourth-order valence-corrected chi connectivity index (χ4v) is 9.29. The smallest absolute Gasteiger partial charge is 0.0710 e. The Morgan fingerprint density at radius 1 is 0.404 bits per heavy atom. The van der Waals surface area contributed by atoms with E-state index < -0.39 is 0 Å². The van der Waals surface area contributed by atoms with Crippen LogP contribution < -0.4 is 0 Å². The lowest BCUT2D eigenvalue weighted by Gasteiger charge is -2.51. The van der Waals surface area contributed by atoms with Crippen LogP contribution in [0.4, 0.5) is 0 Å². The molecule has 0 atom stereocenters. The van der Waals surface area contributed by atoms with E-state index >= 15 is 0 Å². The molecule has 0 N–H and O–H groups in total. The van der Waals surface area contributed by atoms with E-state index in [0.29, 0.717) is 0 Å². The van der Waals surface area contributed by atoms with Crippen molar-refractivity contribution in [2.24, 2.45) is 0 Å². The maximum absolute atomic E-state index is 4.99. The predicted molar refractivity (Wildman–Crippen MR) is 215 cm³/mol. The van der Waals surface area contributed by atoms with E-state index in [0.717, 1.165) is 16.8 Å². The predicted octanol–water partition coefficient (Wildman–Crippen LogP) is 12.6. The SMILES string of the molecule is Cc1cc(C)cc(-c2ccccc2-c2ccc(-c3cccc(-c4ccc(C56c7ccccc7C(c7ccccc75)c5ccccc56)cc4)c3)nc2)c1. The van der Waals surface area contributed by atoms with Gasteiger partial charge in [0.25, 0.3) is 0 Å². The highest BCUT2D eigenvalue weighted by atomic mass is 14.7. The summed E-state index contributed by atoms with van der Waals surface area (Å²) in [5.74, 6) is 0.266. The first kappa shape index (κ1) is 30.5. The van der Waals surface area contributed by atoms with Crippen LogP contribution in [-0.4, -0.2) is 4.98 Å². The molecule has 7 aromatic carbocycles. The molecule has 3 aliphatic carbocycles. The van der Waals surface area contributed by atoms with Gasteiger partial charge in [0.15, 0.2) is 0 Å². The normalized spacial score (nSPS) is 16.5. The minimum absolute atomic E-state index is 0.266. The van der Waals surface area contributed by atoms with Crippen LogP contribution in [0.3, 0.4) is 0 Å². The van der Waals surface area contributed by atoms with Crippen molar-refractivity contribution >= 4 is 0 Å². The van der Waals surface area contributed by atoms with Crippen molar-refractivity contribution in [1.82, 2.24) is 4.98 Å². The van der Waals surface area contributed by atoms with Crippen LogP contribution in [0.25, 0.3) is 44.6 Å². The van der Waals surface area contributed by atoms with E-state index in [2.05, 4.69) is 190 Å². The molecule has 3 aliphatic rings. The van der Waals surface area contributed by atoms with Crippen molar-refractivity contribution in [1.29, 1.82) is 0 Å². The molecule has 2 bridgehead atoms. The summed E-state index contributed by atoms with van der Waals surface area (Å²) in [6.45, 7) is 4.32. The van der Waals surface area contributed by atoms with Gasteiger partial charge in [-0.3, -0.25) is 4.98 Å². The first-order valence-corrected chi connectivity index (χ1v) is 18.2. The van der Waals surface area contributed by atoms with E-state index in [1.54, 1.807) is 0 Å². The largest absolute Gasteiger partial charge is 0.256 e. The molecule has 8 aromatic rings. The zero-order valence-corrected chi connectivity index (χ0v) is 29.3. The first-order valence-electron chi connectivity index (χ1n) is 18.2. The summed E-state index contributed by atoms with van der Waals surface area (Å²) in [4.78, 5) is 4.99. The maximum Gasteiger partial charge on any atom is 0.0710 e. The van der Waals surface area contributed by atoms with Crippen molar-refractivity contribution < 1.29 is 0 Å². The lowest BCUT2D eigenvalue weighted by atomic mass is 9.51. The molecule has 246 valence electrons. The van der Waals surface area contributed by atoms with Crippen LogP contribution in [0.15, 0.2) is 182 Å². The van der Waals surface area contributed by atoms with E-state index in [1.807, 2.05) is 6.20 Å². The van der Waals surface area contributed by atoms with Crippen molar-refractivity contribution in [2.75, 3.05) is 0 Å². The molecular weight excluding hydrogens is 627 g/mol. The molecule has 0 amide bonds. The Bertz CT molecular complexity index is 2510. The summed E-state index contributed by atoms with van der Waals surface area (Å²) in [6, 6.07) is 65.1. The second-order valence-corrected chi connectivity index (χ2v) is 14.5. The molecular formula is C51H37N. The Balaban J connectivity index is 1.01. The van der Waals surface area contributed by atoms with Gasteiger partial charge < -0.3 is 0 Å². The fraction of sp³-hybridized carbons (Fsp3) is 0.0784. The lowest BCUT2D eigenvalue weighted by Crippen LogP contribution is -2.43. The highest BCUT2D eigenvalue weighted by Crippen LogP contribution is 2.61. The summed E-state index contributed by atoms with van der Waals surface area (Å²) >= 11 is 0. The lowest BCUT2D eigenvalue weighted by molar-refractivity contribution is 0.629. The summed E-state index contributed by atoms with van der Waals surface area (Å²) < 4.78 is 0. The standard InChI is InChI=1S/C51H37N/c1-33-28-34(2)30-39(29-33)42-15-4-3-14-41(42)38-24-27-49(52-32-38)37-13-11-12-36(31-37)35-22-25-40(26-23-35)51-46-19-8-5-16-43(46)50(44-17-6-9-20-47(44)51)45-18-7-10-21-48(45)51/h3-32,50H,1-2H3. The van der Waals surface area contributed by atoms with Gasteiger partial charge in [0, 0.05) is 23.2 Å². The molecule has 0 unspecified atom stereocenters. The Morgan fingerprint density at radius 2 is 0.923 bits per heavy atom. The number of benzene rings is 7. The molecule has 52 heavy (non-hydrogen) atoms. The van der Waals surface area contributed by atoms with Crippen LogP contribution >= 0.6 is 0 Å². The van der Waals surface area contributed by atoms with Gasteiger partial charge in [-0.05, 0) is 92.7 Å². The van der Waals surface area contributed by atoms with E-state index in [-0.39, 0.29) is 11.3 Å². The second kappa shape index (κ2) is 11.9. The van der Waals surface area contributed by atoms with Crippen molar-refractivity contribution in [2.45, 2.75) is 25.2 Å². The molecule has 1 heteroatoms. The van der Waals surface area contributed by atoms with Gasteiger partial charge in [-0.1, -0.05) is 175 Å². The highest BCUT2D eigenvalue weighted by Gasteiger charge is 2.52. The number of rotatable bonds is 5. The minimum atomic E-state index is -0.360. The minimum Gasteiger partial charge on any atom is -0.256 e. The highest BCUT2D eigenvalue weighted by molar-refractivity contribution is 5.84. The van der Waals surface area contributed by atoms with Crippen LogP contribution in [0.5, 0.6) is 0 Å². The molecule has 1 aromatic heterocycles. The molecule has 0 saturated carbocycles. The number of aryl methyl sites for hydroxylation is 2. The van der Waals surface area contributed by atoms with Gasteiger partial charge in [0.1, 0.15) is 0 Å². The van der Waals surface area contributed by atoms with Crippen molar-refractivity contribution in [3.63, 3.8) is 0 Å². The van der Waals surface area contributed by atoms with Crippen LogP contribution in [0.1, 0.15) is 56.0 Å². The average Bonchev–Trinajstić information content (AvgIpc) is 3.20. The van der Waals surface area contributed by atoms with Gasteiger partial charge in [-0.2, -0.15) is 0 Å². The molecule has 0 aliphatic heterocycles. The Morgan fingerprint density at radius 3 is 1.50 bits per heavy atom. The summed E-state index contributed by atoms with van der Waals surface area (Å²) in [6.07, 6.45) is 2.02. The van der Waals surface area contributed by atoms with E-state index in [1.165, 1.54) is 77.9 Å². The van der Waals surface area contributed by atoms with Crippen molar-refractivity contribution in [3.05, 3.63) is 232 Å². The number of nitrogens with zero attached hydrogens (tertiary/aromatic N) is 1. The second-order valence-electron chi connectivity index (χ2n) is 14.5.